The van der Waals surface area contributed by atoms with E-state index in [1.54, 1.807) is 37.6 Å². The Bertz CT molecular complexity index is 883. The van der Waals surface area contributed by atoms with E-state index in [1.807, 2.05) is 42.1 Å². The van der Waals surface area contributed by atoms with E-state index in [9.17, 15) is 5.11 Å². The Morgan fingerprint density at radius 2 is 1.96 bits per heavy atom. The lowest BCUT2D eigenvalue weighted by molar-refractivity contribution is 0.104. The Kier molecular flexibility index (Phi) is 6.92. The van der Waals surface area contributed by atoms with Crippen LogP contribution in [0.5, 0.6) is 11.5 Å². The highest BCUT2D eigenvalue weighted by Crippen LogP contribution is 2.24. The summed E-state index contributed by atoms with van der Waals surface area (Å²) in [5, 5.41) is 14.4. The number of aliphatic hydroxyl groups is 1. The summed E-state index contributed by atoms with van der Waals surface area (Å²) in [6.45, 7) is 0.502. The highest BCUT2D eigenvalue weighted by molar-refractivity contribution is 6.30. The number of nitrogens with zero attached hydrogens (tertiary/aromatic N) is 2. The Balaban J connectivity index is 1.66. The number of aliphatic hydroxyl groups excluding tert-OH is 1. The fourth-order valence-electron chi connectivity index (χ4n) is 2.87. The van der Waals surface area contributed by atoms with Crippen LogP contribution in [0.4, 0.5) is 0 Å². The quantitative estimate of drug-likeness (QED) is 0.576. The van der Waals surface area contributed by atoms with Crippen molar-refractivity contribution in [3.8, 4) is 11.5 Å². The number of nitrogens with one attached hydrogen (secondary N) is 1. The summed E-state index contributed by atoms with van der Waals surface area (Å²) < 4.78 is 12.9. The summed E-state index contributed by atoms with van der Waals surface area (Å²) >= 11 is 5.87. The maximum absolute atomic E-state index is 10.4. The summed E-state index contributed by atoms with van der Waals surface area (Å²) in [6, 6.07) is 14.7. The monoisotopic (exact) mass is 401 g/mol. The minimum atomic E-state index is -0.691. The second-order valence-electron chi connectivity index (χ2n) is 6.43. The molecule has 0 fully saturated rings. The minimum absolute atomic E-state index is 0.167. The zero-order valence-electron chi connectivity index (χ0n) is 15.9. The van der Waals surface area contributed by atoms with Crippen molar-refractivity contribution < 1.29 is 14.6 Å². The van der Waals surface area contributed by atoms with Crippen LogP contribution in [0, 0.1) is 0 Å². The molecular formula is C21H24ClN3O3. The maximum Gasteiger partial charge on any atom is 0.130 e. The molecule has 2 atom stereocenters. The summed E-state index contributed by atoms with van der Waals surface area (Å²) in [4.78, 5) is 4.46. The first-order valence-corrected chi connectivity index (χ1v) is 9.35. The van der Waals surface area contributed by atoms with Gasteiger partial charge in [0.2, 0.25) is 0 Å². The molecule has 0 saturated carbocycles. The predicted octanol–water partition coefficient (Wildman–Crippen LogP) is 3.20. The van der Waals surface area contributed by atoms with E-state index < -0.39 is 6.10 Å². The van der Waals surface area contributed by atoms with Gasteiger partial charge in [0.15, 0.2) is 0 Å². The van der Waals surface area contributed by atoms with Gasteiger partial charge in [-0.25, -0.2) is 4.98 Å². The van der Waals surface area contributed by atoms with Crippen LogP contribution in [0.2, 0.25) is 5.02 Å². The number of hydrogen-bond acceptors (Lipinski definition) is 5. The van der Waals surface area contributed by atoms with Gasteiger partial charge in [-0.2, -0.15) is 0 Å². The van der Waals surface area contributed by atoms with Crippen LogP contribution in [0.3, 0.4) is 0 Å². The van der Waals surface area contributed by atoms with Gasteiger partial charge in [0.05, 0.1) is 13.2 Å². The number of methoxy groups -OCH3 is 1. The molecule has 7 heteroatoms. The molecule has 3 aromatic rings. The molecule has 2 unspecified atom stereocenters. The van der Waals surface area contributed by atoms with Gasteiger partial charge in [-0.1, -0.05) is 23.7 Å². The largest absolute Gasteiger partial charge is 0.497 e. The van der Waals surface area contributed by atoms with Crippen LogP contribution in [0.1, 0.15) is 17.4 Å². The topological polar surface area (TPSA) is 68.5 Å². The minimum Gasteiger partial charge on any atom is -0.497 e. The number of imidazole rings is 1. The summed E-state index contributed by atoms with van der Waals surface area (Å²) in [7, 11) is 3.58. The van der Waals surface area contributed by atoms with Crippen LogP contribution >= 0.6 is 11.6 Å². The lowest BCUT2D eigenvalue weighted by Gasteiger charge is -2.22. The molecule has 1 heterocycles. The van der Waals surface area contributed by atoms with E-state index in [-0.39, 0.29) is 12.6 Å². The zero-order chi connectivity index (χ0) is 19.9. The molecule has 0 saturated heterocycles. The van der Waals surface area contributed by atoms with Gasteiger partial charge in [-0.3, -0.25) is 0 Å². The number of aryl methyl sites for hydroxylation is 1. The molecule has 0 bridgehead atoms. The third kappa shape index (κ3) is 5.25. The molecule has 0 aliphatic rings. The average Bonchev–Trinajstić information content (AvgIpc) is 3.13. The van der Waals surface area contributed by atoms with Crippen molar-refractivity contribution in [2.75, 3.05) is 20.3 Å². The summed E-state index contributed by atoms with van der Waals surface area (Å²) in [5.41, 5.74) is 1.000. The van der Waals surface area contributed by atoms with Crippen molar-refractivity contribution in [3.05, 3.63) is 77.3 Å². The second-order valence-corrected chi connectivity index (χ2v) is 6.87. The Labute approximate surface area is 169 Å². The van der Waals surface area contributed by atoms with Gasteiger partial charge in [-0.05, 0) is 42.0 Å². The van der Waals surface area contributed by atoms with E-state index in [4.69, 9.17) is 21.1 Å². The van der Waals surface area contributed by atoms with Crippen LogP contribution in [0.15, 0.2) is 60.9 Å². The molecule has 0 radical (unpaired) electrons. The van der Waals surface area contributed by atoms with Gasteiger partial charge >= 0.3 is 0 Å². The van der Waals surface area contributed by atoms with Gasteiger partial charge in [-0.15, -0.1) is 0 Å². The molecule has 0 aliphatic heterocycles. The molecule has 1 aromatic heterocycles. The first-order valence-electron chi connectivity index (χ1n) is 8.98. The predicted molar refractivity (Wildman–Crippen MR) is 109 cm³/mol. The van der Waals surface area contributed by atoms with E-state index in [1.165, 1.54) is 0 Å². The van der Waals surface area contributed by atoms with Crippen LogP contribution < -0.4 is 14.8 Å². The highest BCUT2D eigenvalue weighted by atomic mass is 35.5. The third-order valence-corrected chi connectivity index (χ3v) is 4.61. The number of rotatable bonds is 9. The fourth-order valence-corrected chi connectivity index (χ4v) is 3.00. The molecule has 2 aromatic carbocycles. The number of ether oxygens (including phenoxy) is 2. The number of aromatic nitrogens is 2. The first kappa shape index (κ1) is 20.2. The molecule has 0 spiro atoms. The van der Waals surface area contributed by atoms with Crippen molar-refractivity contribution in [1.29, 1.82) is 0 Å². The molecule has 28 heavy (non-hydrogen) atoms. The fraction of sp³-hybridized carbons (Fsp3) is 0.286. The molecule has 6 nitrogen and oxygen atoms in total. The van der Waals surface area contributed by atoms with Crippen molar-refractivity contribution in [2.45, 2.75) is 12.1 Å². The molecule has 0 amide bonds. The normalized spacial score (nSPS) is 13.1. The van der Waals surface area contributed by atoms with Gasteiger partial charge in [0.1, 0.15) is 30.0 Å². The van der Waals surface area contributed by atoms with Gasteiger partial charge in [0, 0.05) is 31.0 Å². The number of halogens is 1. The van der Waals surface area contributed by atoms with Crippen molar-refractivity contribution in [1.82, 2.24) is 14.9 Å². The summed E-state index contributed by atoms with van der Waals surface area (Å²) in [6.07, 6.45) is 2.96. The second kappa shape index (κ2) is 9.59. The number of benzene rings is 2. The first-order chi connectivity index (χ1) is 13.6. The van der Waals surface area contributed by atoms with Gasteiger partial charge < -0.3 is 24.5 Å². The van der Waals surface area contributed by atoms with Crippen LogP contribution in [-0.2, 0) is 7.05 Å². The smallest absolute Gasteiger partial charge is 0.130 e. The highest BCUT2D eigenvalue weighted by Gasteiger charge is 2.20. The molecule has 2 N–H and O–H groups in total. The lowest BCUT2D eigenvalue weighted by Crippen LogP contribution is -2.35. The average molecular weight is 402 g/mol. The molecule has 148 valence electrons. The van der Waals surface area contributed by atoms with E-state index in [2.05, 4.69) is 10.3 Å². The molecule has 0 aliphatic carbocycles. The van der Waals surface area contributed by atoms with E-state index in [0.29, 0.717) is 17.3 Å². The third-order valence-electron chi connectivity index (χ3n) is 4.36. The standard InChI is InChI=1S/C21H24ClN3O3/c1-25-11-10-23-21(25)20(15-4-3-5-19(12-15)27-2)24-13-17(26)14-28-18-8-6-16(22)7-9-18/h3-12,17,20,24,26H,13-14H2,1-2H3. The Hall–Kier alpha value is -2.54. The van der Waals surface area contributed by atoms with Crippen molar-refractivity contribution in [3.63, 3.8) is 0 Å². The van der Waals surface area contributed by atoms with Crippen LogP contribution in [-0.4, -0.2) is 41.0 Å². The van der Waals surface area contributed by atoms with Gasteiger partial charge in [0.25, 0.3) is 0 Å². The Morgan fingerprint density at radius 1 is 1.18 bits per heavy atom. The van der Waals surface area contributed by atoms with E-state index in [0.717, 1.165) is 17.1 Å². The Morgan fingerprint density at radius 3 is 2.64 bits per heavy atom. The zero-order valence-corrected chi connectivity index (χ0v) is 16.6. The van der Waals surface area contributed by atoms with Crippen molar-refractivity contribution in [2.24, 2.45) is 7.05 Å². The maximum atomic E-state index is 10.4. The molecular weight excluding hydrogens is 378 g/mol. The van der Waals surface area contributed by atoms with Crippen LogP contribution in [0.25, 0.3) is 0 Å². The lowest BCUT2D eigenvalue weighted by atomic mass is 10.1. The van der Waals surface area contributed by atoms with Crippen molar-refractivity contribution >= 4 is 11.6 Å². The SMILES string of the molecule is COc1cccc(C(NCC(O)COc2ccc(Cl)cc2)c2nccn2C)c1. The molecule has 3 rings (SSSR count). The summed E-state index contributed by atoms with van der Waals surface area (Å²) in [5.74, 6) is 2.28. The van der Waals surface area contributed by atoms with E-state index >= 15 is 0 Å². The number of hydrogen-bond donors (Lipinski definition) is 2.